The van der Waals surface area contributed by atoms with Crippen LogP contribution in [0.25, 0.3) is 0 Å². The minimum Gasteiger partial charge on any atom is -0.484 e. The summed E-state index contributed by atoms with van der Waals surface area (Å²) in [5.74, 6) is 0.212. The molecule has 0 bridgehead atoms. The van der Waals surface area contributed by atoms with Crippen LogP contribution in [0.3, 0.4) is 0 Å². The number of methoxy groups -OCH3 is 1. The maximum Gasteiger partial charge on any atom is 0.337 e. The fourth-order valence-electron chi connectivity index (χ4n) is 3.06. The quantitative estimate of drug-likeness (QED) is 0.756. The third kappa shape index (κ3) is 4.71. The van der Waals surface area contributed by atoms with E-state index in [0.717, 1.165) is 12.8 Å². The number of amides is 1. The third-order valence-corrected chi connectivity index (χ3v) is 4.31. The maximum absolute atomic E-state index is 12.4. The van der Waals surface area contributed by atoms with Crippen molar-refractivity contribution in [1.29, 1.82) is 0 Å². The minimum atomic E-state index is -0.387. The van der Waals surface area contributed by atoms with Crippen molar-refractivity contribution in [3.63, 3.8) is 0 Å². The van der Waals surface area contributed by atoms with E-state index in [9.17, 15) is 9.59 Å². The molecule has 0 N–H and O–H groups in total. The second-order valence-electron chi connectivity index (χ2n) is 5.78. The molecular weight excluding hydrogens is 294 g/mol. The van der Waals surface area contributed by atoms with Gasteiger partial charge >= 0.3 is 5.97 Å². The number of carbonyl (C=O) groups excluding carboxylic acids is 2. The first-order chi connectivity index (χ1) is 11.2. The molecule has 0 heterocycles. The second-order valence-corrected chi connectivity index (χ2v) is 5.78. The normalized spacial score (nSPS) is 15.0. The summed E-state index contributed by atoms with van der Waals surface area (Å²) < 4.78 is 10.2. The summed E-state index contributed by atoms with van der Waals surface area (Å²) in [5, 5.41) is 0. The summed E-state index contributed by atoms with van der Waals surface area (Å²) in [6.45, 7) is 2.76. The fourth-order valence-corrected chi connectivity index (χ4v) is 3.06. The van der Waals surface area contributed by atoms with Gasteiger partial charge in [0, 0.05) is 12.6 Å². The Hall–Kier alpha value is -2.04. The smallest absolute Gasteiger partial charge is 0.337 e. The van der Waals surface area contributed by atoms with Crippen LogP contribution in [0.4, 0.5) is 0 Å². The Morgan fingerprint density at radius 1 is 1.13 bits per heavy atom. The fraction of sp³-hybridized carbons (Fsp3) is 0.556. The van der Waals surface area contributed by atoms with E-state index in [1.807, 2.05) is 11.8 Å². The Labute approximate surface area is 137 Å². The molecule has 0 unspecified atom stereocenters. The molecule has 1 aromatic rings. The van der Waals surface area contributed by atoms with Crippen LogP contribution in [0, 0.1) is 0 Å². The molecule has 0 saturated heterocycles. The Bertz CT molecular complexity index is 520. The first kappa shape index (κ1) is 17.3. The van der Waals surface area contributed by atoms with Crippen molar-refractivity contribution in [1.82, 2.24) is 4.90 Å². The molecule has 2 rings (SSSR count). The Balaban J connectivity index is 1.88. The van der Waals surface area contributed by atoms with E-state index < -0.39 is 0 Å². The van der Waals surface area contributed by atoms with E-state index >= 15 is 0 Å². The predicted octanol–water partition coefficient (Wildman–Crippen LogP) is 3.03. The highest BCUT2D eigenvalue weighted by atomic mass is 16.5. The van der Waals surface area contributed by atoms with Crippen LogP contribution in [-0.4, -0.2) is 43.1 Å². The van der Waals surface area contributed by atoms with E-state index in [4.69, 9.17) is 4.74 Å². The molecule has 1 aliphatic carbocycles. The molecule has 126 valence electrons. The van der Waals surface area contributed by atoms with Crippen LogP contribution in [0.1, 0.15) is 49.4 Å². The lowest BCUT2D eigenvalue weighted by atomic mass is 9.94. The minimum absolute atomic E-state index is 0.0245. The molecule has 1 aromatic carbocycles. The maximum atomic E-state index is 12.4. The number of nitrogens with zero attached hydrogens (tertiary/aromatic N) is 1. The van der Waals surface area contributed by atoms with Crippen LogP contribution < -0.4 is 4.74 Å². The standard InChI is InChI=1S/C18H25NO4/c1-3-19(15-7-5-4-6-8-15)17(20)13-23-16-11-9-14(10-12-16)18(21)22-2/h9-12,15H,3-8,13H2,1-2H3. The topological polar surface area (TPSA) is 55.8 Å². The van der Waals surface area contributed by atoms with Crippen LogP contribution in [0.2, 0.25) is 0 Å². The average molecular weight is 319 g/mol. The van der Waals surface area contributed by atoms with E-state index in [2.05, 4.69) is 4.74 Å². The zero-order valence-electron chi connectivity index (χ0n) is 13.9. The average Bonchev–Trinajstić information content (AvgIpc) is 2.61. The number of hydrogen-bond donors (Lipinski definition) is 0. The van der Waals surface area contributed by atoms with Crippen LogP contribution in [0.15, 0.2) is 24.3 Å². The highest BCUT2D eigenvalue weighted by molar-refractivity contribution is 5.89. The first-order valence-corrected chi connectivity index (χ1v) is 8.26. The van der Waals surface area contributed by atoms with Gasteiger partial charge in [0.05, 0.1) is 12.7 Å². The third-order valence-electron chi connectivity index (χ3n) is 4.31. The summed E-state index contributed by atoms with van der Waals surface area (Å²) >= 11 is 0. The monoisotopic (exact) mass is 319 g/mol. The highest BCUT2D eigenvalue weighted by Crippen LogP contribution is 2.22. The highest BCUT2D eigenvalue weighted by Gasteiger charge is 2.24. The summed E-state index contributed by atoms with van der Waals surface area (Å²) in [5.41, 5.74) is 0.462. The zero-order chi connectivity index (χ0) is 16.7. The van der Waals surface area contributed by atoms with Gasteiger partial charge in [0.15, 0.2) is 6.61 Å². The SMILES string of the molecule is CCN(C(=O)COc1ccc(C(=O)OC)cc1)C1CCCCC1. The van der Waals surface area contributed by atoms with Gasteiger partial charge in [0.2, 0.25) is 0 Å². The summed E-state index contributed by atoms with van der Waals surface area (Å²) in [4.78, 5) is 25.7. The predicted molar refractivity (Wildman–Crippen MR) is 87.5 cm³/mol. The van der Waals surface area contributed by atoms with E-state index in [-0.39, 0.29) is 18.5 Å². The van der Waals surface area contributed by atoms with Crippen LogP contribution in [0.5, 0.6) is 5.75 Å². The summed E-state index contributed by atoms with van der Waals surface area (Å²) in [6.07, 6.45) is 5.85. The molecule has 1 saturated carbocycles. The molecule has 1 aliphatic rings. The van der Waals surface area contributed by atoms with Gasteiger partial charge in [-0.25, -0.2) is 4.79 Å². The number of benzene rings is 1. The Kier molecular flexibility index (Phi) is 6.44. The van der Waals surface area contributed by atoms with Crippen molar-refractivity contribution in [3.8, 4) is 5.75 Å². The van der Waals surface area contributed by atoms with Gasteiger partial charge in [-0.2, -0.15) is 0 Å². The van der Waals surface area contributed by atoms with Gasteiger partial charge in [-0.1, -0.05) is 19.3 Å². The molecule has 1 fully saturated rings. The molecule has 0 radical (unpaired) electrons. The molecule has 1 amide bonds. The van der Waals surface area contributed by atoms with Gasteiger partial charge in [-0.3, -0.25) is 4.79 Å². The van der Waals surface area contributed by atoms with Crippen molar-refractivity contribution in [2.24, 2.45) is 0 Å². The first-order valence-electron chi connectivity index (χ1n) is 8.26. The van der Waals surface area contributed by atoms with E-state index in [0.29, 0.717) is 23.9 Å². The number of esters is 1. The van der Waals surface area contributed by atoms with Gasteiger partial charge in [0.25, 0.3) is 5.91 Å². The van der Waals surface area contributed by atoms with Crippen molar-refractivity contribution >= 4 is 11.9 Å². The summed E-state index contributed by atoms with van der Waals surface area (Å²) in [6, 6.07) is 6.97. The molecule has 5 nitrogen and oxygen atoms in total. The van der Waals surface area contributed by atoms with Crippen molar-refractivity contribution in [2.45, 2.75) is 45.1 Å². The molecule has 0 spiro atoms. The van der Waals surface area contributed by atoms with Crippen molar-refractivity contribution in [3.05, 3.63) is 29.8 Å². The molecule has 5 heteroatoms. The summed E-state index contributed by atoms with van der Waals surface area (Å²) in [7, 11) is 1.34. The van der Waals surface area contributed by atoms with Gasteiger partial charge in [0.1, 0.15) is 5.75 Å². The van der Waals surface area contributed by atoms with Crippen molar-refractivity contribution in [2.75, 3.05) is 20.3 Å². The Morgan fingerprint density at radius 2 is 1.78 bits per heavy atom. The number of ether oxygens (including phenoxy) is 2. The van der Waals surface area contributed by atoms with Crippen molar-refractivity contribution < 1.29 is 19.1 Å². The zero-order valence-corrected chi connectivity index (χ0v) is 13.9. The molecule has 0 aliphatic heterocycles. The Morgan fingerprint density at radius 3 is 2.35 bits per heavy atom. The second kappa shape index (κ2) is 8.56. The lowest BCUT2D eigenvalue weighted by molar-refractivity contribution is -0.136. The van der Waals surface area contributed by atoms with Gasteiger partial charge < -0.3 is 14.4 Å². The molecular formula is C18H25NO4. The molecule has 0 atom stereocenters. The van der Waals surface area contributed by atoms with Gasteiger partial charge in [-0.15, -0.1) is 0 Å². The van der Waals surface area contributed by atoms with E-state index in [1.54, 1.807) is 24.3 Å². The van der Waals surface area contributed by atoms with Gasteiger partial charge in [-0.05, 0) is 44.0 Å². The number of carbonyl (C=O) groups is 2. The lowest BCUT2D eigenvalue weighted by Gasteiger charge is -2.33. The van der Waals surface area contributed by atoms with E-state index in [1.165, 1.54) is 26.4 Å². The number of likely N-dealkylation sites (N-methyl/N-ethyl adjacent to an activating group) is 1. The largest absolute Gasteiger partial charge is 0.484 e. The number of rotatable bonds is 6. The lowest BCUT2D eigenvalue weighted by Crippen LogP contribution is -2.43. The number of hydrogen-bond acceptors (Lipinski definition) is 4. The molecule has 0 aromatic heterocycles. The molecule has 23 heavy (non-hydrogen) atoms. The van der Waals surface area contributed by atoms with Crippen LogP contribution in [-0.2, 0) is 9.53 Å². The van der Waals surface area contributed by atoms with Crippen LogP contribution >= 0.6 is 0 Å².